The molecule has 1 aromatic heterocycles. The summed E-state index contributed by atoms with van der Waals surface area (Å²) in [4.78, 5) is 16.1. The van der Waals surface area contributed by atoms with E-state index in [4.69, 9.17) is 21.1 Å². The maximum Gasteiger partial charge on any atom is 0.271 e. The third kappa shape index (κ3) is 3.79. The van der Waals surface area contributed by atoms with Crippen molar-refractivity contribution in [2.24, 2.45) is 0 Å². The van der Waals surface area contributed by atoms with Crippen LogP contribution in [0.2, 0.25) is 5.02 Å². The summed E-state index contributed by atoms with van der Waals surface area (Å²) in [5.41, 5.74) is 0.199. The molecule has 1 amide bonds. The molecule has 7 heteroatoms. The Hall–Kier alpha value is -1.37. The first-order valence-corrected chi connectivity index (χ1v) is 6.40. The van der Waals surface area contributed by atoms with Gasteiger partial charge in [-0.2, -0.15) is 0 Å². The second kappa shape index (κ2) is 6.70. The molecule has 6 nitrogen and oxygen atoms in total. The summed E-state index contributed by atoms with van der Waals surface area (Å²) in [6, 6.07) is 3.34. The number of carbonyl (C=O) groups is 1. The topological polar surface area (TPSA) is 72.5 Å². The Bertz CT molecular complexity index is 450. The number of nitrogens with zero attached hydrogens (tertiary/aromatic N) is 1. The lowest BCUT2D eigenvalue weighted by Gasteiger charge is -2.23. The van der Waals surface area contributed by atoms with E-state index in [1.165, 1.54) is 0 Å². The summed E-state index contributed by atoms with van der Waals surface area (Å²) < 4.78 is 10.7. The maximum atomic E-state index is 12.0. The first kappa shape index (κ1) is 14.0. The highest BCUT2D eigenvalue weighted by Gasteiger charge is 2.18. The average Bonchev–Trinajstić information content (AvgIpc) is 2.46. The SMILES string of the molecule is CNc1ccc(Cl)c(C(=O)NCC2COCCO2)n1. The van der Waals surface area contributed by atoms with E-state index in [-0.39, 0.29) is 17.7 Å². The molecular formula is C12H16ClN3O3. The summed E-state index contributed by atoms with van der Waals surface area (Å²) in [5, 5.41) is 5.92. The number of hydrogen-bond acceptors (Lipinski definition) is 5. The van der Waals surface area contributed by atoms with Crippen molar-refractivity contribution in [3.63, 3.8) is 0 Å². The fourth-order valence-corrected chi connectivity index (χ4v) is 1.88. The van der Waals surface area contributed by atoms with Crippen molar-refractivity contribution in [1.29, 1.82) is 0 Å². The molecule has 1 unspecified atom stereocenters. The second-order valence-electron chi connectivity index (χ2n) is 4.05. The van der Waals surface area contributed by atoms with Gasteiger partial charge < -0.3 is 20.1 Å². The summed E-state index contributed by atoms with van der Waals surface area (Å²) >= 11 is 5.96. The van der Waals surface area contributed by atoms with Crippen LogP contribution in [0, 0.1) is 0 Å². The number of amides is 1. The predicted octanol–water partition coefficient (Wildman–Crippen LogP) is 0.922. The lowest BCUT2D eigenvalue weighted by molar-refractivity contribution is -0.0855. The standard InChI is InChI=1S/C12H16ClN3O3/c1-14-10-3-2-9(13)11(16-10)12(17)15-6-8-7-18-4-5-19-8/h2-3,8H,4-7H2,1H3,(H,14,16)(H,15,17). The van der Waals surface area contributed by atoms with Crippen LogP contribution < -0.4 is 10.6 Å². The highest BCUT2D eigenvalue weighted by Crippen LogP contribution is 2.16. The number of anilines is 1. The molecular weight excluding hydrogens is 270 g/mol. The normalized spacial score (nSPS) is 18.9. The number of rotatable bonds is 4. The molecule has 104 valence electrons. The minimum absolute atomic E-state index is 0.121. The fraction of sp³-hybridized carbons (Fsp3) is 0.500. The third-order valence-corrected chi connectivity index (χ3v) is 3.00. The van der Waals surface area contributed by atoms with Gasteiger partial charge in [0.15, 0.2) is 0 Å². The Kier molecular flexibility index (Phi) is 4.95. The third-order valence-electron chi connectivity index (χ3n) is 2.69. The Morgan fingerprint density at radius 2 is 2.37 bits per heavy atom. The zero-order valence-corrected chi connectivity index (χ0v) is 11.4. The molecule has 2 heterocycles. The van der Waals surface area contributed by atoms with Gasteiger partial charge in [-0.05, 0) is 12.1 Å². The number of hydrogen-bond donors (Lipinski definition) is 2. The van der Waals surface area contributed by atoms with Crippen molar-refractivity contribution in [3.8, 4) is 0 Å². The Balaban J connectivity index is 1.95. The van der Waals surface area contributed by atoms with E-state index in [0.717, 1.165) is 0 Å². The maximum absolute atomic E-state index is 12.0. The highest BCUT2D eigenvalue weighted by atomic mass is 35.5. The van der Waals surface area contributed by atoms with E-state index >= 15 is 0 Å². The number of carbonyl (C=O) groups excluding carboxylic acids is 1. The number of nitrogens with one attached hydrogen (secondary N) is 2. The molecule has 1 aliphatic heterocycles. The molecule has 0 radical (unpaired) electrons. The predicted molar refractivity (Wildman–Crippen MR) is 71.7 cm³/mol. The number of halogens is 1. The molecule has 0 saturated carbocycles. The number of pyridine rings is 1. The van der Waals surface area contributed by atoms with Crippen LogP contribution in [0.1, 0.15) is 10.5 Å². The van der Waals surface area contributed by atoms with Gasteiger partial charge in [-0.25, -0.2) is 4.98 Å². The smallest absolute Gasteiger partial charge is 0.271 e. The molecule has 1 atom stereocenters. The molecule has 1 aromatic rings. The van der Waals surface area contributed by atoms with Crippen molar-refractivity contribution in [1.82, 2.24) is 10.3 Å². The first-order chi connectivity index (χ1) is 9.20. The number of ether oxygens (including phenoxy) is 2. The molecule has 0 aliphatic carbocycles. The van der Waals surface area contributed by atoms with Crippen LogP contribution in [0.15, 0.2) is 12.1 Å². The van der Waals surface area contributed by atoms with E-state index in [9.17, 15) is 4.79 Å². The van der Waals surface area contributed by atoms with Gasteiger partial charge in [0.05, 0.1) is 30.9 Å². The van der Waals surface area contributed by atoms with E-state index < -0.39 is 0 Å². The van der Waals surface area contributed by atoms with Crippen LogP contribution in [0.25, 0.3) is 0 Å². The van der Waals surface area contributed by atoms with Crippen LogP contribution in [0.4, 0.5) is 5.82 Å². The zero-order chi connectivity index (χ0) is 13.7. The Labute approximate surface area is 116 Å². The molecule has 0 bridgehead atoms. The average molecular weight is 286 g/mol. The van der Waals surface area contributed by atoms with Gasteiger partial charge in [-0.1, -0.05) is 11.6 Å². The van der Waals surface area contributed by atoms with Gasteiger partial charge >= 0.3 is 0 Å². The van der Waals surface area contributed by atoms with Crippen molar-refractivity contribution in [2.75, 3.05) is 38.7 Å². The van der Waals surface area contributed by atoms with Crippen molar-refractivity contribution in [2.45, 2.75) is 6.10 Å². The van der Waals surface area contributed by atoms with E-state index in [1.54, 1.807) is 19.2 Å². The molecule has 2 rings (SSSR count). The lowest BCUT2D eigenvalue weighted by atomic mass is 10.3. The molecule has 2 N–H and O–H groups in total. The van der Waals surface area contributed by atoms with Gasteiger partial charge in [-0.15, -0.1) is 0 Å². The van der Waals surface area contributed by atoms with Crippen LogP contribution in [0.5, 0.6) is 0 Å². The Morgan fingerprint density at radius 3 is 3.05 bits per heavy atom. The molecule has 19 heavy (non-hydrogen) atoms. The zero-order valence-electron chi connectivity index (χ0n) is 10.6. The van der Waals surface area contributed by atoms with E-state index in [1.807, 2.05) is 0 Å². The minimum Gasteiger partial charge on any atom is -0.376 e. The van der Waals surface area contributed by atoms with E-state index in [2.05, 4.69) is 15.6 Å². The first-order valence-electron chi connectivity index (χ1n) is 6.02. The summed E-state index contributed by atoms with van der Waals surface area (Å²) in [5.74, 6) is 0.267. The summed E-state index contributed by atoms with van der Waals surface area (Å²) in [7, 11) is 1.73. The van der Waals surface area contributed by atoms with Crippen LogP contribution in [0.3, 0.4) is 0 Å². The van der Waals surface area contributed by atoms with Crippen molar-refractivity contribution in [3.05, 3.63) is 22.8 Å². The molecule has 1 saturated heterocycles. The van der Waals surface area contributed by atoms with Crippen LogP contribution >= 0.6 is 11.6 Å². The highest BCUT2D eigenvalue weighted by molar-refractivity contribution is 6.33. The summed E-state index contributed by atoms with van der Waals surface area (Å²) in [6.07, 6.45) is -0.121. The second-order valence-corrected chi connectivity index (χ2v) is 4.46. The fourth-order valence-electron chi connectivity index (χ4n) is 1.69. The van der Waals surface area contributed by atoms with Gasteiger partial charge in [0.25, 0.3) is 5.91 Å². The molecule has 1 fully saturated rings. The number of aromatic nitrogens is 1. The molecule has 0 spiro atoms. The van der Waals surface area contributed by atoms with Crippen molar-refractivity contribution >= 4 is 23.3 Å². The van der Waals surface area contributed by atoms with Gasteiger partial charge in [0.2, 0.25) is 0 Å². The quantitative estimate of drug-likeness (QED) is 0.861. The summed E-state index contributed by atoms with van der Waals surface area (Å²) in [6.45, 7) is 2.01. The van der Waals surface area contributed by atoms with Crippen LogP contribution in [-0.2, 0) is 9.47 Å². The van der Waals surface area contributed by atoms with Crippen molar-refractivity contribution < 1.29 is 14.3 Å². The monoisotopic (exact) mass is 285 g/mol. The minimum atomic E-state index is -0.323. The van der Waals surface area contributed by atoms with Crippen LogP contribution in [-0.4, -0.2) is 50.4 Å². The van der Waals surface area contributed by atoms with E-state index in [0.29, 0.717) is 37.2 Å². The van der Waals surface area contributed by atoms with Gasteiger partial charge in [0, 0.05) is 13.6 Å². The molecule has 0 aromatic carbocycles. The molecule has 1 aliphatic rings. The lowest BCUT2D eigenvalue weighted by Crippen LogP contribution is -2.40. The Morgan fingerprint density at radius 1 is 1.53 bits per heavy atom. The van der Waals surface area contributed by atoms with Gasteiger partial charge in [-0.3, -0.25) is 4.79 Å². The van der Waals surface area contributed by atoms with Gasteiger partial charge in [0.1, 0.15) is 11.5 Å². The largest absolute Gasteiger partial charge is 0.376 e.